The van der Waals surface area contributed by atoms with Crippen LogP contribution < -0.4 is 24.8 Å². The number of rotatable bonds is 9. The number of carbonyl (C=O) groups excluding carboxylic acids is 1. The van der Waals surface area contributed by atoms with Crippen molar-refractivity contribution in [3.8, 4) is 17.2 Å². The monoisotopic (exact) mass is 430 g/mol. The minimum Gasteiger partial charge on any atom is -0.497 e. The molecule has 1 atom stereocenters. The molecule has 0 spiro atoms. The summed E-state index contributed by atoms with van der Waals surface area (Å²) in [5.74, 6) is 1.43. The van der Waals surface area contributed by atoms with E-state index in [4.69, 9.17) is 9.47 Å². The fourth-order valence-electron chi connectivity index (χ4n) is 2.66. The summed E-state index contributed by atoms with van der Waals surface area (Å²) in [6.45, 7) is -0.608. The smallest absolute Gasteiger partial charge is 0.387 e. The molecule has 2 N–H and O–H groups in total. The van der Waals surface area contributed by atoms with Gasteiger partial charge in [0.2, 0.25) is 0 Å². The third-order valence-electron chi connectivity index (χ3n) is 4.10. The Bertz CT molecular complexity index is 776. The van der Waals surface area contributed by atoms with Gasteiger partial charge < -0.3 is 24.8 Å². The summed E-state index contributed by atoms with van der Waals surface area (Å²) in [6.07, 6.45) is 0.555. The van der Waals surface area contributed by atoms with Gasteiger partial charge in [0.25, 0.3) is 0 Å². The molecule has 0 aromatic heterocycles. The van der Waals surface area contributed by atoms with Gasteiger partial charge in [0.05, 0.1) is 20.3 Å². The Morgan fingerprint density at radius 3 is 2.28 bits per heavy atom. The molecule has 6 nitrogen and oxygen atoms in total. The van der Waals surface area contributed by atoms with E-state index in [1.54, 1.807) is 38.5 Å². The van der Waals surface area contributed by atoms with Crippen LogP contribution in [0.15, 0.2) is 42.5 Å². The lowest BCUT2D eigenvalue weighted by Crippen LogP contribution is -2.38. The van der Waals surface area contributed by atoms with Crippen LogP contribution in [0, 0.1) is 0 Å². The van der Waals surface area contributed by atoms with E-state index in [1.165, 1.54) is 12.1 Å². The highest BCUT2D eigenvalue weighted by atomic mass is 35.5. The fourth-order valence-corrected chi connectivity index (χ4v) is 2.66. The van der Waals surface area contributed by atoms with Crippen molar-refractivity contribution in [1.82, 2.24) is 10.6 Å². The van der Waals surface area contributed by atoms with Gasteiger partial charge in [-0.05, 0) is 49.2 Å². The first-order chi connectivity index (χ1) is 13.4. The predicted molar refractivity (Wildman–Crippen MR) is 109 cm³/mol. The first-order valence-electron chi connectivity index (χ1n) is 8.73. The maximum atomic E-state index is 12.1. The lowest BCUT2D eigenvalue weighted by atomic mass is 10.1. The van der Waals surface area contributed by atoms with Crippen LogP contribution in [0.1, 0.15) is 24.1 Å². The lowest BCUT2D eigenvalue weighted by Gasteiger charge is -2.18. The molecular weight excluding hydrogens is 406 g/mol. The molecule has 2 rings (SSSR count). The summed E-state index contributed by atoms with van der Waals surface area (Å²) < 4.78 is 39.1. The molecule has 0 saturated heterocycles. The minimum atomic E-state index is -2.85. The minimum absolute atomic E-state index is 0. The molecule has 0 radical (unpaired) electrons. The van der Waals surface area contributed by atoms with E-state index in [-0.39, 0.29) is 30.2 Å². The Morgan fingerprint density at radius 2 is 1.69 bits per heavy atom. The number of urea groups is 1. The molecular formula is C20H25ClF2N2O4. The highest BCUT2D eigenvalue weighted by Crippen LogP contribution is 2.29. The number of carbonyl (C=O) groups is 1. The zero-order valence-corrected chi connectivity index (χ0v) is 17.2. The van der Waals surface area contributed by atoms with Gasteiger partial charge in [0.1, 0.15) is 17.2 Å². The second-order valence-corrected chi connectivity index (χ2v) is 6.00. The second kappa shape index (κ2) is 12.0. The largest absolute Gasteiger partial charge is 0.497 e. The molecule has 9 heteroatoms. The molecule has 2 aromatic rings. The van der Waals surface area contributed by atoms with Gasteiger partial charge in [-0.3, -0.25) is 0 Å². The SMILES string of the molecule is COc1ccc(OC)c(C(C)NC(=O)NCCc2ccc(OC(F)F)cc2)c1.Cl. The summed E-state index contributed by atoms with van der Waals surface area (Å²) in [5.41, 5.74) is 1.69. The highest BCUT2D eigenvalue weighted by molar-refractivity contribution is 5.85. The van der Waals surface area contributed by atoms with Gasteiger partial charge >= 0.3 is 12.6 Å². The number of ether oxygens (including phenoxy) is 3. The van der Waals surface area contributed by atoms with E-state index < -0.39 is 6.61 Å². The van der Waals surface area contributed by atoms with Crippen LogP contribution in [-0.4, -0.2) is 33.4 Å². The van der Waals surface area contributed by atoms with Crippen LogP contribution >= 0.6 is 12.4 Å². The molecule has 2 amide bonds. The highest BCUT2D eigenvalue weighted by Gasteiger charge is 2.15. The Morgan fingerprint density at radius 1 is 1.03 bits per heavy atom. The summed E-state index contributed by atoms with van der Waals surface area (Å²) in [7, 11) is 3.14. The normalized spacial score (nSPS) is 11.2. The van der Waals surface area contributed by atoms with Crippen LogP contribution in [0.5, 0.6) is 17.2 Å². The molecule has 0 heterocycles. The lowest BCUT2D eigenvalue weighted by molar-refractivity contribution is -0.0498. The van der Waals surface area contributed by atoms with Gasteiger partial charge in [-0.15, -0.1) is 12.4 Å². The summed E-state index contributed by atoms with van der Waals surface area (Å²) in [4.78, 5) is 12.1. The number of methoxy groups -OCH3 is 2. The first kappa shape index (κ1) is 24.3. The van der Waals surface area contributed by atoms with Crippen LogP contribution in [0.2, 0.25) is 0 Å². The van der Waals surface area contributed by atoms with Crippen molar-refractivity contribution in [3.05, 3.63) is 53.6 Å². The molecule has 0 aliphatic rings. The number of hydrogen-bond donors (Lipinski definition) is 2. The van der Waals surface area contributed by atoms with Crippen LogP contribution in [0.3, 0.4) is 0 Å². The van der Waals surface area contributed by atoms with Gasteiger partial charge in [-0.25, -0.2) is 4.79 Å². The van der Waals surface area contributed by atoms with E-state index in [9.17, 15) is 13.6 Å². The van der Waals surface area contributed by atoms with Gasteiger partial charge in [0, 0.05) is 12.1 Å². The van der Waals surface area contributed by atoms with Crippen molar-refractivity contribution in [2.24, 2.45) is 0 Å². The molecule has 0 aliphatic carbocycles. The predicted octanol–water partition coefficient (Wildman–Crippen LogP) is 4.33. The van der Waals surface area contributed by atoms with Crippen molar-refractivity contribution < 1.29 is 27.8 Å². The maximum absolute atomic E-state index is 12.1. The maximum Gasteiger partial charge on any atom is 0.387 e. The van der Waals surface area contributed by atoms with Gasteiger partial charge in [-0.1, -0.05) is 12.1 Å². The topological polar surface area (TPSA) is 68.8 Å². The molecule has 29 heavy (non-hydrogen) atoms. The molecule has 0 bridgehead atoms. The first-order valence-corrected chi connectivity index (χ1v) is 8.73. The third-order valence-corrected chi connectivity index (χ3v) is 4.10. The number of benzene rings is 2. The van der Waals surface area contributed by atoms with Crippen molar-refractivity contribution in [2.75, 3.05) is 20.8 Å². The average molecular weight is 431 g/mol. The van der Waals surface area contributed by atoms with Gasteiger partial charge in [-0.2, -0.15) is 8.78 Å². The van der Waals surface area contributed by atoms with E-state index >= 15 is 0 Å². The Labute approximate surface area is 174 Å². The Hall–Kier alpha value is -2.74. The van der Waals surface area contributed by atoms with Crippen molar-refractivity contribution in [2.45, 2.75) is 26.0 Å². The van der Waals surface area contributed by atoms with E-state index in [0.29, 0.717) is 24.5 Å². The average Bonchev–Trinajstić information content (AvgIpc) is 2.68. The van der Waals surface area contributed by atoms with Gasteiger partial charge in [0.15, 0.2) is 0 Å². The molecule has 0 saturated carbocycles. The molecule has 160 valence electrons. The Balaban J connectivity index is 0.00000420. The van der Waals surface area contributed by atoms with Crippen LogP contribution in [-0.2, 0) is 6.42 Å². The number of nitrogens with one attached hydrogen (secondary N) is 2. The van der Waals surface area contributed by atoms with Crippen molar-refractivity contribution >= 4 is 18.4 Å². The van der Waals surface area contributed by atoms with Crippen LogP contribution in [0.4, 0.5) is 13.6 Å². The number of hydrogen-bond acceptors (Lipinski definition) is 4. The van der Waals surface area contributed by atoms with Crippen LogP contribution in [0.25, 0.3) is 0 Å². The zero-order chi connectivity index (χ0) is 20.5. The van der Waals surface area contributed by atoms with E-state index in [2.05, 4.69) is 15.4 Å². The third kappa shape index (κ3) is 7.65. The summed E-state index contributed by atoms with van der Waals surface area (Å²) in [6, 6.07) is 11.1. The standard InChI is InChI=1S/C20H24F2N2O4.ClH/c1-13(17-12-16(26-2)8-9-18(17)27-3)24-20(25)23-11-10-14-4-6-15(7-5-14)28-19(21)22;/h4-9,12-13,19H,10-11H2,1-3H3,(H2,23,24,25);1H. The number of alkyl halides is 2. The summed E-state index contributed by atoms with van der Waals surface area (Å²) >= 11 is 0. The van der Waals surface area contributed by atoms with E-state index in [1.807, 2.05) is 13.0 Å². The van der Waals surface area contributed by atoms with Crippen molar-refractivity contribution in [3.63, 3.8) is 0 Å². The number of amides is 2. The molecule has 0 aliphatic heterocycles. The molecule has 0 fully saturated rings. The molecule has 1 unspecified atom stereocenters. The quantitative estimate of drug-likeness (QED) is 0.621. The fraction of sp³-hybridized carbons (Fsp3) is 0.350. The van der Waals surface area contributed by atoms with Crippen molar-refractivity contribution in [1.29, 1.82) is 0 Å². The van der Waals surface area contributed by atoms with E-state index in [0.717, 1.165) is 11.1 Å². The summed E-state index contributed by atoms with van der Waals surface area (Å²) in [5, 5.41) is 5.62. The zero-order valence-electron chi connectivity index (χ0n) is 16.4. The number of halogens is 3. The molecule has 2 aromatic carbocycles. The Kier molecular flexibility index (Phi) is 10.0. The second-order valence-electron chi connectivity index (χ2n) is 6.00.